The zero-order valence-electron chi connectivity index (χ0n) is 13.3. The molecule has 0 heterocycles. The average molecular weight is 321 g/mol. The number of hydrogen-bond donors (Lipinski definition) is 1. The maximum Gasteiger partial charge on any atom is 0.308 e. The quantitative estimate of drug-likeness (QED) is 0.781. The highest BCUT2D eigenvalue weighted by atomic mass is 32.2. The Morgan fingerprint density at radius 2 is 1.82 bits per heavy atom. The maximum absolute atomic E-state index is 12.6. The average Bonchev–Trinajstić information content (AvgIpc) is 3.28. The number of carboxylic acids is 1. The van der Waals surface area contributed by atoms with Gasteiger partial charge in [0.15, 0.2) is 0 Å². The summed E-state index contributed by atoms with van der Waals surface area (Å²) in [5, 5.41) is 9.57. The first-order valence-corrected chi connectivity index (χ1v) is 8.57. The number of hydrogen-bond acceptors (Lipinski definition) is 3. The molecule has 1 fully saturated rings. The van der Waals surface area contributed by atoms with Crippen molar-refractivity contribution in [3.63, 3.8) is 0 Å². The first-order valence-electron chi connectivity index (χ1n) is 7.69. The Labute approximate surface area is 135 Å². The van der Waals surface area contributed by atoms with Crippen LogP contribution in [0.1, 0.15) is 44.0 Å². The molecule has 1 aliphatic rings. The summed E-state index contributed by atoms with van der Waals surface area (Å²) < 4.78 is 0. The molecule has 0 saturated heterocycles. The molecule has 1 N–H and O–H groups in total. The molecule has 0 radical (unpaired) electrons. The summed E-state index contributed by atoms with van der Waals surface area (Å²) in [6.45, 7) is 6.19. The van der Waals surface area contributed by atoms with Gasteiger partial charge >= 0.3 is 5.97 Å². The topological polar surface area (TPSA) is 57.6 Å². The molecule has 1 saturated carbocycles. The van der Waals surface area contributed by atoms with Crippen molar-refractivity contribution in [2.45, 2.75) is 49.8 Å². The van der Waals surface area contributed by atoms with Gasteiger partial charge in [-0.1, -0.05) is 20.8 Å². The second-order valence-corrected chi connectivity index (χ2v) is 7.77. The normalized spacial score (nSPS) is 15.6. The molecule has 4 nitrogen and oxygen atoms in total. The minimum Gasteiger partial charge on any atom is -0.481 e. The Balaban J connectivity index is 2.08. The number of benzene rings is 1. The third kappa shape index (κ3) is 4.50. The van der Waals surface area contributed by atoms with Crippen LogP contribution in [0.3, 0.4) is 0 Å². The van der Waals surface area contributed by atoms with E-state index in [1.165, 1.54) is 0 Å². The lowest BCUT2D eigenvalue weighted by atomic mass is 10.1. The van der Waals surface area contributed by atoms with Crippen LogP contribution in [0.5, 0.6) is 0 Å². The van der Waals surface area contributed by atoms with Crippen molar-refractivity contribution in [1.82, 2.24) is 4.90 Å². The fraction of sp³-hybridized carbons (Fsp3) is 0.529. The molecule has 2 rings (SSSR count). The van der Waals surface area contributed by atoms with Crippen LogP contribution < -0.4 is 0 Å². The molecule has 5 heteroatoms. The van der Waals surface area contributed by atoms with Crippen molar-refractivity contribution < 1.29 is 14.7 Å². The predicted molar refractivity (Wildman–Crippen MR) is 88.3 cm³/mol. The summed E-state index contributed by atoms with van der Waals surface area (Å²) in [4.78, 5) is 26.6. The number of carbonyl (C=O) groups is 2. The van der Waals surface area contributed by atoms with Gasteiger partial charge in [-0.25, -0.2) is 0 Å². The molecule has 0 aliphatic heterocycles. The van der Waals surface area contributed by atoms with Crippen LogP contribution in [0, 0.1) is 5.92 Å². The Morgan fingerprint density at radius 3 is 2.27 bits per heavy atom. The van der Waals surface area contributed by atoms with E-state index in [4.69, 9.17) is 5.11 Å². The molecule has 1 aromatic carbocycles. The molecule has 0 aromatic heterocycles. The highest BCUT2D eigenvalue weighted by Crippen LogP contribution is 2.30. The molecule has 1 aliphatic carbocycles. The van der Waals surface area contributed by atoms with E-state index in [2.05, 4.69) is 13.8 Å². The summed E-state index contributed by atoms with van der Waals surface area (Å²) in [6, 6.07) is 7.81. The maximum atomic E-state index is 12.6. The van der Waals surface area contributed by atoms with Gasteiger partial charge < -0.3 is 10.0 Å². The molecule has 1 unspecified atom stereocenters. The number of aliphatic carboxylic acids is 1. The van der Waals surface area contributed by atoms with Gasteiger partial charge in [0.25, 0.3) is 5.91 Å². The van der Waals surface area contributed by atoms with E-state index >= 15 is 0 Å². The molecule has 120 valence electrons. The van der Waals surface area contributed by atoms with Crippen molar-refractivity contribution in [3.05, 3.63) is 29.8 Å². The standard InChI is InChI=1S/C17H23NO3S/c1-11(2)22-15-8-4-13(5-9-15)16(19)18(14-6-7-14)10-12(3)17(20)21/h4-5,8-9,11-12,14H,6-7,10H2,1-3H3,(H,20,21). The molecule has 1 aromatic rings. The molecule has 22 heavy (non-hydrogen) atoms. The van der Waals surface area contributed by atoms with Gasteiger partial charge in [0, 0.05) is 28.3 Å². The second kappa shape index (κ2) is 7.18. The van der Waals surface area contributed by atoms with E-state index in [0.717, 1.165) is 17.7 Å². The van der Waals surface area contributed by atoms with Crippen LogP contribution in [0.15, 0.2) is 29.2 Å². The zero-order valence-corrected chi connectivity index (χ0v) is 14.1. The van der Waals surface area contributed by atoms with Crippen LogP contribution in [-0.4, -0.2) is 39.7 Å². The molecular weight excluding hydrogens is 298 g/mol. The van der Waals surface area contributed by atoms with Gasteiger partial charge in [-0.3, -0.25) is 9.59 Å². The summed E-state index contributed by atoms with van der Waals surface area (Å²) in [5.41, 5.74) is 0.637. The van der Waals surface area contributed by atoms with Crippen LogP contribution in [-0.2, 0) is 4.79 Å². The highest BCUT2D eigenvalue weighted by Gasteiger charge is 2.34. The number of carboxylic acid groups (broad SMARTS) is 1. The van der Waals surface area contributed by atoms with E-state index in [-0.39, 0.29) is 18.5 Å². The Hall–Kier alpha value is -1.49. The molecule has 1 atom stereocenters. The van der Waals surface area contributed by atoms with Gasteiger partial charge in [-0.05, 0) is 37.1 Å². The number of nitrogens with zero attached hydrogens (tertiary/aromatic N) is 1. The van der Waals surface area contributed by atoms with E-state index < -0.39 is 11.9 Å². The lowest BCUT2D eigenvalue weighted by Gasteiger charge is -2.24. The summed E-state index contributed by atoms with van der Waals surface area (Å²) >= 11 is 1.76. The lowest BCUT2D eigenvalue weighted by Crippen LogP contribution is -2.38. The van der Waals surface area contributed by atoms with E-state index in [0.29, 0.717) is 10.8 Å². The lowest BCUT2D eigenvalue weighted by molar-refractivity contribution is -0.141. The third-order valence-electron chi connectivity index (χ3n) is 3.61. The number of thioether (sulfide) groups is 1. The fourth-order valence-electron chi connectivity index (χ4n) is 2.27. The van der Waals surface area contributed by atoms with Crippen molar-refractivity contribution in [2.24, 2.45) is 5.92 Å². The largest absolute Gasteiger partial charge is 0.481 e. The van der Waals surface area contributed by atoms with Gasteiger partial charge in [0.2, 0.25) is 0 Å². The van der Waals surface area contributed by atoms with Crippen molar-refractivity contribution in [1.29, 1.82) is 0 Å². The first kappa shape index (κ1) is 16.9. The van der Waals surface area contributed by atoms with Crippen LogP contribution in [0.4, 0.5) is 0 Å². The van der Waals surface area contributed by atoms with Gasteiger partial charge in [-0.2, -0.15) is 0 Å². The monoisotopic (exact) mass is 321 g/mol. The Kier molecular flexibility index (Phi) is 5.51. The van der Waals surface area contributed by atoms with Gasteiger partial charge in [0.05, 0.1) is 5.92 Å². The zero-order chi connectivity index (χ0) is 16.3. The smallest absolute Gasteiger partial charge is 0.308 e. The first-order chi connectivity index (χ1) is 10.4. The fourth-order valence-corrected chi connectivity index (χ4v) is 3.11. The molecular formula is C17H23NO3S. The van der Waals surface area contributed by atoms with Gasteiger partial charge in [0.1, 0.15) is 0 Å². The molecule has 0 spiro atoms. The van der Waals surface area contributed by atoms with Crippen molar-refractivity contribution in [3.8, 4) is 0 Å². The minimum atomic E-state index is -0.859. The SMILES string of the molecule is CC(C)Sc1ccc(C(=O)N(CC(C)C(=O)O)C2CC2)cc1. The minimum absolute atomic E-state index is 0.0586. The summed E-state index contributed by atoms with van der Waals surface area (Å²) in [7, 11) is 0. The molecule has 0 bridgehead atoms. The highest BCUT2D eigenvalue weighted by molar-refractivity contribution is 7.99. The third-order valence-corrected chi connectivity index (χ3v) is 4.63. The second-order valence-electron chi connectivity index (χ2n) is 6.12. The van der Waals surface area contributed by atoms with E-state index in [9.17, 15) is 9.59 Å². The van der Waals surface area contributed by atoms with E-state index in [1.54, 1.807) is 23.6 Å². The summed E-state index contributed by atoms with van der Waals surface area (Å²) in [5.74, 6) is -1.46. The Morgan fingerprint density at radius 1 is 1.23 bits per heavy atom. The van der Waals surface area contributed by atoms with Gasteiger partial charge in [-0.15, -0.1) is 11.8 Å². The van der Waals surface area contributed by atoms with Crippen molar-refractivity contribution >= 4 is 23.6 Å². The molecule has 1 amide bonds. The van der Waals surface area contributed by atoms with Crippen LogP contribution in [0.25, 0.3) is 0 Å². The van der Waals surface area contributed by atoms with Crippen LogP contribution >= 0.6 is 11.8 Å². The van der Waals surface area contributed by atoms with E-state index in [1.807, 2.05) is 24.3 Å². The number of carbonyl (C=O) groups excluding carboxylic acids is 1. The summed E-state index contributed by atoms with van der Waals surface area (Å²) in [6.07, 6.45) is 1.94. The number of rotatable bonds is 7. The van der Waals surface area contributed by atoms with Crippen molar-refractivity contribution in [2.75, 3.05) is 6.54 Å². The van der Waals surface area contributed by atoms with Crippen LogP contribution in [0.2, 0.25) is 0 Å². The Bertz CT molecular complexity index is 537. The predicted octanol–water partition coefficient (Wildman–Crippen LogP) is 3.51. The number of amides is 1.